The summed E-state index contributed by atoms with van der Waals surface area (Å²) in [4.78, 5) is 11.6. The van der Waals surface area contributed by atoms with E-state index in [1.165, 1.54) is 0 Å². The van der Waals surface area contributed by atoms with Crippen molar-refractivity contribution in [2.24, 2.45) is 11.8 Å². The Labute approximate surface area is 118 Å². The molecule has 3 rings (SSSR count). The number of halogens is 1. The SMILES string of the molecule is CCOC(=O)C1(F)[C@@H]2CC(OCc3ccccc3)C[C@@H]21. The van der Waals surface area contributed by atoms with Crippen LogP contribution in [0.15, 0.2) is 30.3 Å². The molecule has 0 amide bonds. The second kappa shape index (κ2) is 5.17. The lowest BCUT2D eigenvalue weighted by Gasteiger charge is -2.17. The molecule has 0 aliphatic heterocycles. The fourth-order valence-corrected chi connectivity index (χ4v) is 3.30. The van der Waals surface area contributed by atoms with Crippen LogP contribution in [-0.4, -0.2) is 24.3 Å². The number of hydrogen-bond acceptors (Lipinski definition) is 3. The zero-order chi connectivity index (χ0) is 14.2. The molecule has 0 saturated heterocycles. The lowest BCUT2D eigenvalue weighted by atomic mass is 10.1. The average Bonchev–Trinajstić information content (AvgIpc) is 2.86. The van der Waals surface area contributed by atoms with Crippen LogP contribution in [0, 0.1) is 11.8 Å². The van der Waals surface area contributed by atoms with Crippen LogP contribution in [0.3, 0.4) is 0 Å². The van der Waals surface area contributed by atoms with E-state index in [-0.39, 0.29) is 24.5 Å². The van der Waals surface area contributed by atoms with Crippen LogP contribution in [-0.2, 0) is 20.9 Å². The van der Waals surface area contributed by atoms with Crippen LogP contribution in [0.2, 0.25) is 0 Å². The van der Waals surface area contributed by atoms with Gasteiger partial charge in [-0.15, -0.1) is 0 Å². The van der Waals surface area contributed by atoms with Gasteiger partial charge in [0.25, 0.3) is 0 Å². The second-order valence-corrected chi connectivity index (χ2v) is 5.59. The standard InChI is InChI=1S/C16H19FO3/c1-2-19-15(18)16(17)13-8-12(9-14(13)16)20-10-11-6-4-3-5-7-11/h3-7,12-14H,2,8-10H2,1H3/t12?,13-,14+,16?. The van der Waals surface area contributed by atoms with Crippen LogP contribution in [0.4, 0.5) is 4.39 Å². The molecule has 0 N–H and O–H groups in total. The zero-order valence-electron chi connectivity index (χ0n) is 11.5. The van der Waals surface area contributed by atoms with Crippen molar-refractivity contribution in [2.75, 3.05) is 6.61 Å². The van der Waals surface area contributed by atoms with Crippen molar-refractivity contribution in [3.63, 3.8) is 0 Å². The molecule has 0 heterocycles. The smallest absolute Gasteiger partial charge is 0.344 e. The summed E-state index contributed by atoms with van der Waals surface area (Å²) < 4.78 is 25.0. The molecular weight excluding hydrogens is 259 g/mol. The van der Waals surface area contributed by atoms with Gasteiger partial charge in [-0.2, -0.15) is 0 Å². The van der Waals surface area contributed by atoms with E-state index in [1.807, 2.05) is 30.3 Å². The molecule has 2 unspecified atom stereocenters. The van der Waals surface area contributed by atoms with Crippen LogP contribution >= 0.6 is 0 Å². The molecule has 108 valence electrons. The third-order valence-electron chi connectivity index (χ3n) is 4.41. The van der Waals surface area contributed by atoms with E-state index >= 15 is 0 Å². The Hall–Kier alpha value is -1.42. The predicted octanol–water partition coefficient (Wildman–Crippen LogP) is 2.88. The lowest BCUT2D eigenvalue weighted by Crippen LogP contribution is -2.29. The van der Waals surface area contributed by atoms with Gasteiger partial charge in [-0.05, 0) is 25.3 Å². The molecule has 0 radical (unpaired) electrons. The van der Waals surface area contributed by atoms with E-state index in [4.69, 9.17) is 9.47 Å². The molecule has 0 spiro atoms. The van der Waals surface area contributed by atoms with Gasteiger partial charge in [-0.3, -0.25) is 0 Å². The minimum absolute atomic E-state index is 0.0588. The normalized spacial score (nSPS) is 34.6. The van der Waals surface area contributed by atoms with Gasteiger partial charge in [-0.1, -0.05) is 30.3 Å². The Morgan fingerprint density at radius 1 is 1.30 bits per heavy atom. The molecule has 4 heteroatoms. The maximum Gasteiger partial charge on any atom is 0.344 e. The number of esters is 1. The van der Waals surface area contributed by atoms with Crippen molar-refractivity contribution >= 4 is 5.97 Å². The maximum atomic E-state index is 14.4. The summed E-state index contributed by atoms with van der Waals surface area (Å²) in [6.45, 7) is 2.48. The molecule has 2 fully saturated rings. The van der Waals surface area contributed by atoms with E-state index in [9.17, 15) is 9.18 Å². The highest BCUT2D eigenvalue weighted by Crippen LogP contribution is 2.64. The van der Waals surface area contributed by atoms with E-state index in [2.05, 4.69) is 0 Å². The lowest BCUT2D eigenvalue weighted by molar-refractivity contribution is -0.153. The highest BCUT2D eigenvalue weighted by molar-refractivity contribution is 5.84. The molecule has 2 saturated carbocycles. The first-order chi connectivity index (χ1) is 9.66. The van der Waals surface area contributed by atoms with Gasteiger partial charge in [0, 0.05) is 11.8 Å². The fourth-order valence-electron chi connectivity index (χ4n) is 3.30. The number of hydrogen-bond donors (Lipinski definition) is 0. The molecule has 0 bridgehead atoms. The maximum absolute atomic E-state index is 14.4. The van der Waals surface area contributed by atoms with Gasteiger partial charge < -0.3 is 9.47 Å². The number of rotatable bonds is 5. The number of carbonyl (C=O) groups is 1. The minimum Gasteiger partial charge on any atom is -0.464 e. The Morgan fingerprint density at radius 2 is 1.95 bits per heavy atom. The van der Waals surface area contributed by atoms with Gasteiger partial charge in [0.2, 0.25) is 5.67 Å². The molecule has 4 atom stereocenters. The van der Waals surface area contributed by atoms with Crippen molar-refractivity contribution in [3.05, 3.63) is 35.9 Å². The van der Waals surface area contributed by atoms with E-state index in [0.717, 1.165) is 5.56 Å². The average molecular weight is 278 g/mol. The third-order valence-corrected chi connectivity index (χ3v) is 4.41. The molecule has 2 aliphatic carbocycles. The number of alkyl halides is 1. The quantitative estimate of drug-likeness (QED) is 0.777. The van der Waals surface area contributed by atoms with E-state index in [1.54, 1.807) is 6.92 Å². The molecule has 1 aromatic carbocycles. The summed E-state index contributed by atoms with van der Waals surface area (Å²) in [6.07, 6.45) is 1.29. The summed E-state index contributed by atoms with van der Waals surface area (Å²) in [5, 5.41) is 0. The van der Waals surface area contributed by atoms with Crippen molar-refractivity contribution in [1.29, 1.82) is 0 Å². The van der Waals surface area contributed by atoms with Gasteiger partial charge in [-0.25, -0.2) is 9.18 Å². The summed E-state index contributed by atoms with van der Waals surface area (Å²) in [6, 6.07) is 9.92. The highest BCUT2D eigenvalue weighted by Gasteiger charge is 2.75. The van der Waals surface area contributed by atoms with E-state index < -0.39 is 11.6 Å². The van der Waals surface area contributed by atoms with Crippen molar-refractivity contribution in [1.82, 2.24) is 0 Å². The van der Waals surface area contributed by atoms with Crippen LogP contribution in [0.1, 0.15) is 25.3 Å². The molecule has 1 aromatic rings. The predicted molar refractivity (Wildman–Crippen MR) is 71.7 cm³/mol. The Bertz CT molecular complexity index is 476. The highest BCUT2D eigenvalue weighted by atomic mass is 19.1. The zero-order valence-corrected chi connectivity index (χ0v) is 11.5. The van der Waals surface area contributed by atoms with Gasteiger partial charge >= 0.3 is 5.97 Å². The van der Waals surface area contributed by atoms with Crippen molar-refractivity contribution < 1.29 is 18.7 Å². The fraction of sp³-hybridized carbons (Fsp3) is 0.562. The molecule has 0 aromatic heterocycles. The Kier molecular flexibility index (Phi) is 3.50. The van der Waals surface area contributed by atoms with E-state index in [0.29, 0.717) is 19.4 Å². The first-order valence-corrected chi connectivity index (χ1v) is 7.18. The molecule has 20 heavy (non-hydrogen) atoms. The largest absolute Gasteiger partial charge is 0.464 e. The van der Waals surface area contributed by atoms with Crippen LogP contribution in [0.5, 0.6) is 0 Å². The van der Waals surface area contributed by atoms with Gasteiger partial charge in [0.1, 0.15) is 0 Å². The summed E-state index contributed by atoms with van der Waals surface area (Å²) in [5.41, 5.74) is -0.618. The third kappa shape index (κ3) is 2.22. The Morgan fingerprint density at radius 3 is 2.55 bits per heavy atom. The van der Waals surface area contributed by atoms with Gasteiger partial charge in [0.05, 0.1) is 19.3 Å². The van der Waals surface area contributed by atoms with Crippen molar-refractivity contribution in [2.45, 2.75) is 38.1 Å². The van der Waals surface area contributed by atoms with Crippen LogP contribution < -0.4 is 0 Å². The Balaban J connectivity index is 1.49. The second-order valence-electron chi connectivity index (χ2n) is 5.59. The number of fused-ring (bicyclic) bond motifs is 1. The van der Waals surface area contributed by atoms with Crippen molar-refractivity contribution in [3.8, 4) is 0 Å². The number of carbonyl (C=O) groups excluding carboxylic acids is 1. The summed E-state index contributed by atoms with van der Waals surface area (Å²) >= 11 is 0. The minimum atomic E-state index is -1.73. The summed E-state index contributed by atoms with van der Waals surface area (Å²) in [7, 11) is 0. The monoisotopic (exact) mass is 278 g/mol. The number of benzene rings is 1. The van der Waals surface area contributed by atoms with Crippen LogP contribution in [0.25, 0.3) is 0 Å². The summed E-state index contributed by atoms with van der Waals surface area (Å²) in [5.74, 6) is -1.10. The molecular formula is C16H19FO3. The first-order valence-electron chi connectivity index (χ1n) is 7.18. The topological polar surface area (TPSA) is 35.5 Å². The first kappa shape index (κ1) is 13.6. The molecule has 3 nitrogen and oxygen atoms in total. The van der Waals surface area contributed by atoms with Gasteiger partial charge in [0.15, 0.2) is 0 Å². The number of ether oxygens (including phenoxy) is 2. The molecule has 2 aliphatic rings.